The van der Waals surface area contributed by atoms with Crippen molar-refractivity contribution >= 4 is 28.6 Å². The zero-order valence-corrected chi connectivity index (χ0v) is 19.4. The lowest BCUT2D eigenvalue weighted by molar-refractivity contribution is 0.0955. The Hall–Kier alpha value is -4.07. The molecule has 0 radical (unpaired) electrons. The first-order valence-electron chi connectivity index (χ1n) is 10.7. The molecule has 0 fully saturated rings. The van der Waals surface area contributed by atoms with Gasteiger partial charge in [-0.1, -0.05) is 24.3 Å². The maximum Gasteiger partial charge on any atom is 0.272 e. The Kier molecular flexibility index (Phi) is 5.68. The van der Waals surface area contributed by atoms with E-state index in [1.54, 1.807) is 18.5 Å². The lowest BCUT2D eigenvalue weighted by Crippen LogP contribution is -2.24. The molecule has 3 N–H and O–H groups in total. The highest BCUT2D eigenvalue weighted by Gasteiger charge is 2.25. The SMILES string of the molecule is CC(C)=NNC(=O)c1ccccc1-c1nc2cc(-c3cnc(N)nc3)ccc2n1C(C)(C)C. The predicted octanol–water partition coefficient (Wildman–Crippen LogP) is 4.62. The summed E-state index contributed by atoms with van der Waals surface area (Å²) in [7, 11) is 0. The van der Waals surface area contributed by atoms with Crippen LogP contribution in [0.5, 0.6) is 0 Å². The van der Waals surface area contributed by atoms with Crippen LogP contribution in [0.2, 0.25) is 0 Å². The van der Waals surface area contributed by atoms with E-state index < -0.39 is 0 Å². The number of anilines is 1. The van der Waals surface area contributed by atoms with Gasteiger partial charge in [-0.05, 0) is 58.4 Å². The summed E-state index contributed by atoms with van der Waals surface area (Å²) >= 11 is 0. The minimum Gasteiger partial charge on any atom is -0.368 e. The Morgan fingerprint density at radius 3 is 2.39 bits per heavy atom. The van der Waals surface area contributed by atoms with Crippen LogP contribution in [0.25, 0.3) is 33.5 Å². The number of carbonyl (C=O) groups excluding carboxylic acids is 1. The van der Waals surface area contributed by atoms with Gasteiger partial charge in [-0.3, -0.25) is 4.79 Å². The second kappa shape index (κ2) is 8.46. The predicted molar refractivity (Wildman–Crippen MR) is 132 cm³/mol. The van der Waals surface area contributed by atoms with Crippen molar-refractivity contribution < 1.29 is 4.79 Å². The lowest BCUT2D eigenvalue weighted by Gasteiger charge is -2.25. The molecule has 0 spiro atoms. The third-order valence-electron chi connectivity index (χ3n) is 5.12. The third-order valence-corrected chi connectivity index (χ3v) is 5.12. The number of nitrogens with one attached hydrogen (secondary N) is 1. The van der Waals surface area contributed by atoms with Gasteiger partial charge < -0.3 is 10.3 Å². The fraction of sp³-hybridized carbons (Fsp3) is 0.240. The monoisotopic (exact) mass is 441 g/mol. The number of nitrogens with two attached hydrogens (primary N) is 1. The summed E-state index contributed by atoms with van der Waals surface area (Å²) in [6.07, 6.45) is 3.39. The first kappa shape index (κ1) is 22.1. The van der Waals surface area contributed by atoms with E-state index in [1.165, 1.54) is 0 Å². The zero-order valence-electron chi connectivity index (χ0n) is 19.4. The molecule has 2 heterocycles. The van der Waals surface area contributed by atoms with Crippen LogP contribution < -0.4 is 11.2 Å². The topological polar surface area (TPSA) is 111 Å². The molecule has 0 saturated heterocycles. The highest BCUT2D eigenvalue weighted by molar-refractivity contribution is 6.01. The van der Waals surface area contributed by atoms with Crippen LogP contribution in [-0.4, -0.2) is 31.1 Å². The number of hydrogen-bond acceptors (Lipinski definition) is 6. The average Bonchev–Trinajstić information content (AvgIpc) is 3.17. The smallest absolute Gasteiger partial charge is 0.272 e. The molecule has 0 aliphatic carbocycles. The van der Waals surface area contributed by atoms with E-state index in [4.69, 9.17) is 10.7 Å². The molecule has 168 valence electrons. The van der Waals surface area contributed by atoms with Crippen LogP contribution in [0.1, 0.15) is 45.0 Å². The Bertz CT molecular complexity index is 1360. The van der Waals surface area contributed by atoms with Gasteiger partial charge in [-0.25, -0.2) is 20.4 Å². The number of fused-ring (bicyclic) bond motifs is 1. The third kappa shape index (κ3) is 4.45. The van der Waals surface area contributed by atoms with Crippen molar-refractivity contribution in [3.05, 3.63) is 60.4 Å². The molecule has 0 saturated carbocycles. The van der Waals surface area contributed by atoms with Crippen LogP contribution >= 0.6 is 0 Å². The van der Waals surface area contributed by atoms with Gasteiger partial charge in [-0.15, -0.1) is 0 Å². The molecule has 4 aromatic rings. The van der Waals surface area contributed by atoms with Crippen LogP contribution in [-0.2, 0) is 5.54 Å². The summed E-state index contributed by atoms with van der Waals surface area (Å²) in [6, 6.07) is 13.5. The van der Waals surface area contributed by atoms with Crippen molar-refractivity contribution in [2.45, 2.75) is 40.2 Å². The molecular weight excluding hydrogens is 414 g/mol. The first-order chi connectivity index (χ1) is 15.6. The summed E-state index contributed by atoms with van der Waals surface area (Å²) in [6.45, 7) is 10.0. The number of nitrogen functional groups attached to an aromatic ring is 1. The molecular formula is C25H27N7O. The van der Waals surface area contributed by atoms with Crippen LogP contribution in [0.3, 0.4) is 0 Å². The summed E-state index contributed by atoms with van der Waals surface area (Å²) in [5.74, 6) is 0.668. The van der Waals surface area contributed by atoms with Crippen molar-refractivity contribution in [2.24, 2.45) is 5.10 Å². The van der Waals surface area contributed by atoms with Gasteiger partial charge in [0, 0.05) is 34.8 Å². The Labute approximate surface area is 192 Å². The van der Waals surface area contributed by atoms with Gasteiger partial charge in [0.1, 0.15) is 5.82 Å². The number of amides is 1. The van der Waals surface area contributed by atoms with Gasteiger partial charge in [0.05, 0.1) is 16.6 Å². The number of benzene rings is 2. The van der Waals surface area contributed by atoms with Gasteiger partial charge in [0.15, 0.2) is 0 Å². The number of aromatic nitrogens is 4. The van der Waals surface area contributed by atoms with Gasteiger partial charge in [0.2, 0.25) is 5.95 Å². The van der Waals surface area contributed by atoms with E-state index >= 15 is 0 Å². The normalized spacial score (nSPS) is 11.4. The highest BCUT2D eigenvalue weighted by atomic mass is 16.2. The van der Waals surface area contributed by atoms with E-state index in [-0.39, 0.29) is 17.4 Å². The molecule has 0 atom stereocenters. The Morgan fingerprint density at radius 2 is 1.73 bits per heavy atom. The van der Waals surface area contributed by atoms with Gasteiger partial charge in [-0.2, -0.15) is 5.10 Å². The molecule has 33 heavy (non-hydrogen) atoms. The van der Waals surface area contributed by atoms with Crippen LogP contribution in [0.4, 0.5) is 5.95 Å². The van der Waals surface area contributed by atoms with Crippen molar-refractivity contribution in [2.75, 3.05) is 5.73 Å². The molecule has 8 nitrogen and oxygen atoms in total. The van der Waals surface area contributed by atoms with Crippen molar-refractivity contribution in [1.82, 2.24) is 24.9 Å². The average molecular weight is 442 g/mol. The first-order valence-corrected chi connectivity index (χ1v) is 10.7. The van der Waals surface area contributed by atoms with E-state index in [1.807, 2.05) is 50.2 Å². The molecule has 0 aliphatic rings. The standard InChI is InChI=1S/C25H27N7O/c1-15(2)30-31-23(33)19-9-7-6-8-18(19)22-29-20-12-16(17-13-27-24(26)28-14-17)10-11-21(20)32(22)25(3,4)5/h6-14H,1-5H3,(H,31,33)(H2,26,27,28). The summed E-state index contributed by atoms with van der Waals surface area (Å²) in [5.41, 5.74) is 13.6. The van der Waals surface area contributed by atoms with Crippen molar-refractivity contribution in [3.63, 3.8) is 0 Å². The van der Waals surface area contributed by atoms with Gasteiger partial charge >= 0.3 is 0 Å². The molecule has 0 bridgehead atoms. The maximum absolute atomic E-state index is 12.9. The lowest BCUT2D eigenvalue weighted by atomic mass is 10.0. The number of carbonyl (C=O) groups is 1. The minimum atomic E-state index is -0.280. The van der Waals surface area contributed by atoms with Crippen LogP contribution in [0.15, 0.2) is 60.0 Å². The molecule has 2 aromatic carbocycles. The summed E-state index contributed by atoms with van der Waals surface area (Å²) in [4.78, 5) is 26.1. The molecule has 0 unspecified atom stereocenters. The minimum absolute atomic E-state index is 0.233. The van der Waals surface area contributed by atoms with Gasteiger partial charge in [0.25, 0.3) is 5.91 Å². The second-order valence-corrected chi connectivity index (χ2v) is 9.02. The largest absolute Gasteiger partial charge is 0.368 e. The number of imidazole rings is 1. The summed E-state index contributed by atoms with van der Waals surface area (Å²) in [5, 5.41) is 4.07. The van der Waals surface area contributed by atoms with E-state index in [0.717, 1.165) is 33.4 Å². The Balaban J connectivity index is 1.90. The molecule has 2 aromatic heterocycles. The number of hydrogen-bond donors (Lipinski definition) is 2. The number of nitrogens with zero attached hydrogens (tertiary/aromatic N) is 5. The Morgan fingerprint density at radius 1 is 1.03 bits per heavy atom. The van der Waals surface area contributed by atoms with Crippen molar-refractivity contribution in [1.29, 1.82) is 0 Å². The molecule has 1 amide bonds. The van der Waals surface area contributed by atoms with E-state index in [2.05, 4.69) is 45.8 Å². The van der Waals surface area contributed by atoms with Crippen LogP contribution in [0, 0.1) is 0 Å². The highest BCUT2D eigenvalue weighted by Crippen LogP contribution is 2.34. The molecule has 4 rings (SSSR count). The molecule has 8 heteroatoms. The quantitative estimate of drug-likeness (QED) is 0.354. The molecule has 0 aliphatic heterocycles. The van der Waals surface area contributed by atoms with E-state index in [9.17, 15) is 4.79 Å². The van der Waals surface area contributed by atoms with Crippen molar-refractivity contribution in [3.8, 4) is 22.5 Å². The second-order valence-electron chi connectivity index (χ2n) is 9.02. The number of rotatable bonds is 4. The fourth-order valence-electron chi connectivity index (χ4n) is 3.71. The number of hydrazone groups is 1. The fourth-order valence-corrected chi connectivity index (χ4v) is 3.71. The maximum atomic E-state index is 12.9. The van der Waals surface area contributed by atoms with E-state index in [0.29, 0.717) is 11.4 Å². The zero-order chi connectivity index (χ0) is 23.8. The summed E-state index contributed by atoms with van der Waals surface area (Å²) < 4.78 is 2.16.